The highest BCUT2D eigenvalue weighted by molar-refractivity contribution is 5.94. The first-order valence-corrected chi connectivity index (χ1v) is 7.90. The second kappa shape index (κ2) is 5.43. The number of hydrogen-bond donors (Lipinski definition) is 1. The van der Waals surface area contributed by atoms with E-state index in [9.17, 15) is 0 Å². The summed E-state index contributed by atoms with van der Waals surface area (Å²) in [4.78, 5) is 4.88. The van der Waals surface area contributed by atoms with Crippen molar-refractivity contribution in [1.29, 1.82) is 0 Å². The van der Waals surface area contributed by atoms with Crippen molar-refractivity contribution >= 4 is 16.6 Å². The lowest BCUT2D eigenvalue weighted by molar-refractivity contribution is 0.868. The fourth-order valence-corrected chi connectivity index (χ4v) is 3.09. The van der Waals surface area contributed by atoms with Gasteiger partial charge in [0, 0.05) is 23.3 Å². The summed E-state index contributed by atoms with van der Waals surface area (Å²) in [5.74, 6) is 0.562. The van der Waals surface area contributed by atoms with Crippen molar-refractivity contribution in [3.63, 3.8) is 0 Å². The Kier molecular flexibility index (Phi) is 3.64. The molecule has 1 heterocycles. The Labute approximate surface area is 121 Å². The van der Waals surface area contributed by atoms with Crippen molar-refractivity contribution in [2.45, 2.75) is 52.4 Å². The average Bonchev–Trinajstić information content (AvgIpc) is 2.90. The van der Waals surface area contributed by atoms with Crippen molar-refractivity contribution in [2.75, 3.05) is 11.9 Å². The normalized spacial score (nSPS) is 14.0. The molecule has 0 radical (unpaired) electrons. The second-order valence-electron chi connectivity index (χ2n) is 6.12. The quantitative estimate of drug-likeness (QED) is 0.871. The Bertz CT molecular complexity index is 629. The van der Waals surface area contributed by atoms with Crippen LogP contribution in [0.3, 0.4) is 0 Å². The summed E-state index contributed by atoms with van der Waals surface area (Å²) >= 11 is 0. The largest absolute Gasteiger partial charge is 0.384 e. The van der Waals surface area contributed by atoms with Crippen molar-refractivity contribution in [3.05, 3.63) is 35.0 Å². The van der Waals surface area contributed by atoms with Crippen LogP contribution in [0.5, 0.6) is 0 Å². The first kappa shape index (κ1) is 13.4. The van der Waals surface area contributed by atoms with Crippen LogP contribution in [-0.2, 0) is 12.8 Å². The van der Waals surface area contributed by atoms with Crippen molar-refractivity contribution in [3.8, 4) is 0 Å². The molecule has 106 valence electrons. The van der Waals surface area contributed by atoms with Gasteiger partial charge in [0.1, 0.15) is 0 Å². The minimum absolute atomic E-state index is 0.562. The molecule has 0 spiro atoms. The second-order valence-corrected chi connectivity index (χ2v) is 6.12. The number of benzene rings is 1. The fourth-order valence-electron chi connectivity index (χ4n) is 3.09. The van der Waals surface area contributed by atoms with E-state index in [1.165, 1.54) is 40.7 Å². The van der Waals surface area contributed by atoms with Gasteiger partial charge in [-0.3, -0.25) is 4.98 Å². The van der Waals surface area contributed by atoms with E-state index >= 15 is 0 Å². The maximum Gasteiger partial charge on any atom is 0.0726 e. The smallest absolute Gasteiger partial charge is 0.0726 e. The predicted molar refractivity (Wildman–Crippen MR) is 86.6 cm³/mol. The molecule has 0 aliphatic heterocycles. The van der Waals surface area contributed by atoms with Crippen LogP contribution in [0.2, 0.25) is 0 Å². The molecule has 0 bridgehead atoms. The highest BCUT2D eigenvalue weighted by atomic mass is 14.9. The minimum Gasteiger partial charge on any atom is -0.384 e. The summed E-state index contributed by atoms with van der Waals surface area (Å²) in [5, 5.41) is 4.97. The van der Waals surface area contributed by atoms with E-state index in [2.05, 4.69) is 44.3 Å². The summed E-state index contributed by atoms with van der Waals surface area (Å²) in [6, 6.07) is 6.76. The van der Waals surface area contributed by atoms with Crippen molar-refractivity contribution in [2.24, 2.45) is 0 Å². The molecule has 2 aromatic rings. The van der Waals surface area contributed by atoms with Crippen LogP contribution in [0.1, 0.15) is 56.4 Å². The van der Waals surface area contributed by atoms with Gasteiger partial charge in [-0.15, -0.1) is 0 Å². The number of aromatic nitrogens is 1. The predicted octanol–water partition coefficient (Wildman–Crippen LogP) is 4.67. The van der Waals surface area contributed by atoms with Crippen molar-refractivity contribution in [1.82, 2.24) is 4.98 Å². The van der Waals surface area contributed by atoms with Crippen LogP contribution >= 0.6 is 0 Å². The maximum atomic E-state index is 4.88. The van der Waals surface area contributed by atoms with Gasteiger partial charge in [0.05, 0.1) is 5.52 Å². The Morgan fingerprint density at radius 1 is 1.25 bits per heavy atom. The third-order valence-corrected chi connectivity index (χ3v) is 4.25. The molecule has 1 aromatic heterocycles. The van der Waals surface area contributed by atoms with E-state index in [1.807, 2.05) is 0 Å². The topological polar surface area (TPSA) is 24.9 Å². The molecule has 1 aliphatic rings. The van der Waals surface area contributed by atoms with Gasteiger partial charge in [-0.05, 0) is 54.9 Å². The van der Waals surface area contributed by atoms with Crippen molar-refractivity contribution < 1.29 is 0 Å². The Hall–Kier alpha value is -1.57. The molecular weight excluding hydrogens is 244 g/mol. The Morgan fingerprint density at radius 3 is 2.85 bits per heavy atom. The maximum absolute atomic E-state index is 4.88. The molecule has 2 nitrogen and oxygen atoms in total. The van der Waals surface area contributed by atoms with Gasteiger partial charge in [0.2, 0.25) is 0 Å². The average molecular weight is 268 g/mol. The lowest BCUT2D eigenvalue weighted by Crippen LogP contribution is -2.05. The van der Waals surface area contributed by atoms with E-state index in [1.54, 1.807) is 0 Å². The molecule has 1 aromatic carbocycles. The lowest BCUT2D eigenvalue weighted by atomic mass is 9.98. The number of anilines is 1. The number of hydrogen-bond acceptors (Lipinski definition) is 2. The van der Waals surface area contributed by atoms with Crippen LogP contribution in [0.15, 0.2) is 18.2 Å². The van der Waals surface area contributed by atoms with Gasteiger partial charge in [-0.25, -0.2) is 0 Å². The Morgan fingerprint density at radius 2 is 2.10 bits per heavy atom. The van der Waals surface area contributed by atoms with Gasteiger partial charge in [0.15, 0.2) is 0 Å². The van der Waals surface area contributed by atoms with E-state index in [4.69, 9.17) is 4.98 Å². The number of pyridine rings is 1. The van der Waals surface area contributed by atoms with Crippen LogP contribution in [0.4, 0.5) is 5.69 Å². The van der Waals surface area contributed by atoms with Gasteiger partial charge in [-0.2, -0.15) is 0 Å². The highest BCUT2D eigenvalue weighted by Crippen LogP contribution is 2.35. The fraction of sp³-hybridized carbons (Fsp3) is 0.500. The SMILES string of the molecule is CCCNc1c2c(nc3ccc(C(C)C)cc13)CCC2. The summed E-state index contributed by atoms with van der Waals surface area (Å²) in [5.41, 5.74) is 6.68. The van der Waals surface area contributed by atoms with Crippen LogP contribution in [0, 0.1) is 0 Å². The summed E-state index contributed by atoms with van der Waals surface area (Å²) in [7, 11) is 0. The molecule has 1 aliphatic carbocycles. The number of nitrogens with one attached hydrogen (secondary N) is 1. The van der Waals surface area contributed by atoms with Crippen LogP contribution < -0.4 is 5.32 Å². The lowest BCUT2D eigenvalue weighted by Gasteiger charge is -2.16. The number of aryl methyl sites for hydroxylation is 1. The summed E-state index contributed by atoms with van der Waals surface area (Å²) < 4.78 is 0. The first-order chi connectivity index (χ1) is 9.70. The molecule has 3 rings (SSSR count). The van der Waals surface area contributed by atoms with Crippen LogP contribution in [0.25, 0.3) is 10.9 Å². The van der Waals surface area contributed by atoms with E-state index < -0.39 is 0 Å². The summed E-state index contributed by atoms with van der Waals surface area (Å²) in [6.45, 7) is 7.76. The zero-order valence-electron chi connectivity index (χ0n) is 12.8. The highest BCUT2D eigenvalue weighted by Gasteiger charge is 2.19. The monoisotopic (exact) mass is 268 g/mol. The van der Waals surface area contributed by atoms with Crippen LogP contribution in [-0.4, -0.2) is 11.5 Å². The van der Waals surface area contributed by atoms with Gasteiger partial charge in [-0.1, -0.05) is 26.8 Å². The van der Waals surface area contributed by atoms with E-state index in [0.29, 0.717) is 5.92 Å². The molecular formula is C18H24N2. The molecule has 0 saturated heterocycles. The molecule has 2 heteroatoms. The van der Waals surface area contributed by atoms with Gasteiger partial charge in [0.25, 0.3) is 0 Å². The zero-order valence-corrected chi connectivity index (χ0v) is 12.8. The first-order valence-electron chi connectivity index (χ1n) is 7.90. The Balaban J connectivity index is 2.20. The molecule has 0 atom stereocenters. The zero-order chi connectivity index (χ0) is 14.1. The number of nitrogens with zero attached hydrogens (tertiary/aromatic N) is 1. The third kappa shape index (κ3) is 2.28. The standard InChI is InChI=1S/C18H24N2/c1-4-10-19-18-14-6-5-7-16(14)20-17-9-8-13(12(2)3)11-15(17)18/h8-9,11-12H,4-7,10H2,1-3H3,(H,19,20). The van der Waals surface area contributed by atoms with Gasteiger partial charge < -0.3 is 5.32 Å². The molecule has 0 saturated carbocycles. The number of rotatable bonds is 4. The molecule has 0 unspecified atom stereocenters. The molecule has 20 heavy (non-hydrogen) atoms. The minimum atomic E-state index is 0.562. The number of fused-ring (bicyclic) bond motifs is 2. The summed E-state index contributed by atoms with van der Waals surface area (Å²) in [6.07, 6.45) is 4.72. The molecule has 1 N–H and O–H groups in total. The van der Waals surface area contributed by atoms with E-state index in [0.717, 1.165) is 24.9 Å². The van der Waals surface area contributed by atoms with E-state index in [-0.39, 0.29) is 0 Å². The van der Waals surface area contributed by atoms with Gasteiger partial charge >= 0.3 is 0 Å². The molecule has 0 fully saturated rings. The molecule has 0 amide bonds. The third-order valence-electron chi connectivity index (χ3n) is 4.25.